The van der Waals surface area contributed by atoms with E-state index in [9.17, 15) is 0 Å². The first-order valence-corrected chi connectivity index (χ1v) is 6.49. The first-order chi connectivity index (χ1) is 9.02. The number of aryl methyl sites for hydroxylation is 2. The molecule has 0 aromatic heterocycles. The van der Waals surface area contributed by atoms with Crippen molar-refractivity contribution in [2.75, 3.05) is 7.11 Å². The van der Waals surface area contributed by atoms with Crippen LogP contribution in [0, 0.1) is 20.8 Å². The average Bonchev–Trinajstić information content (AvgIpc) is 2.36. The van der Waals surface area contributed by atoms with Crippen LogP contribution in [0.3, 0.4) is 0 Å². The minimum Gasteiger partial charge on any atom is -0.496 e. The summed E-state index contributed by atoms with van der Waals surface area (Å²) in [5, 5.41) is 0.711. The highest BCUT2D eigenvalue weighted by molar-refractivity contribution is 6.30. The molecule has 0 aliphatic heterocycles. The van der Waals surface area contributed by atoms with Crippen molar-refractivity contribution < 1.29 is 9.47 Å². The molecule has 0 aliphatic rings. The van der Waals surface area contributed by atoms with Crippen molar-refractivity contribution in [2.45, 2.75) is 20.8 Å². The monoisotopic (exact) mass is 276 g/mol. The van der Waals surface area contributed by atoms with Gasteiger partial charge in [-0.3, -0.25) is 0 Å². The smallest absolute Gasteiger partial charge is 0.134 e. The molecule has 100 valence electrons. The van der Waals surface area contributed by atoms with Crippen LogP contribution in [-0.2, 0) is 0 Å². The van der Waals surface area contributed by atoms with E-state index < -0.39 is 0 Å². The second kappa shape index (κ2) is 5.54. The molecule has 19 heavy (non-hydrogen) atoms. The van der Waals surface area contributed by atoms with Crippen molar-refractivity contribution in [3.05, 3.63) is 52.0 Å². The van der Waals surface area contributed by atoms with E-state index >= 15 is 0 Å². The first-order valence-electron chi connectivity index (χ1n) is 6.11. The van der Waals surface area contributed by atoms with Gasteiger partial charge in [0.25, 0.3) is 0 Å². The van der Waals surface area contributed by atoms with Gasteiger partial charge in [0.05, 0.1) is 7.11 Å². The molecule has 0 radical (unpaired) electrons. The van der Waals surface area contributed by atoms with Gasteiger partial charge in [0, 0.05) is 10.6 Å². The van der Waals surface area contributed by atoms with E-state index in [2.05, 4.69) is 0 Å². The van der Waals surface area contributed by atoms with Crippen LogP contribution < -0.4 is 9.47 Å². The highest BCUT2D eigenvalue weighted by Crippen LogP contribution is 2.35. The maximum Gasteiger partial charge on any atom is 0.134 e. The van der Waals surface area contributed by atoms with Crippen LogP contribution in [0.5, 0.6) is 17.2 Å². The van der Waals surface area contributed by atoms with Gasteiger partial charge in [0.15, 0.2) is 0 Å². The van der Waals surface area contributed by atoms with Gasteiger partial charge in [0.2, 0.25) is 0 Å². The molecule has 0 heterocycles. The Labute approximate surface area is 118 Å². The molecule has 0 saturated heterocycles. The van der Waals surface area contributed by atoms with Crippen LogP contribution in [0.25, 0.3) is 0 Å². The molecule has 0 bridgehead atoms. The molecule has 0 saturated carbocycles. The lowest BCUT2D eigenvalue weighted by molar-refractivity contribution is 0.401. The quantitative estimate of drug-likeness (QED) is 0.779. The van der Waals surface area contributed by atoms with Gasteiger partial charge in [-0.2, -0.15) is 0 Å². The van der Waals surface area contributed by atoms with Gasteiger partial charge in [-0.15, -0.1) is 0 Å². The minimum absolute atomic E-state index is 0.711. The number of methoxy groups -OCH3 is 1. The van der Waals surface area contributed by atoms with Gasteiger partial charge >= 0.3 is 0 Å². The molecular formula is C16H17ClO2. The van der Waals surface area contributed by atoms with Crippen molar-refractivity contribution in [1.82, 2.24) is 0 Å². The Kier molecular flexibility index (Phi) is 4.01. The summed E-state index contributed by atoms with van der Waals surface area (Å²) < 4.78 is 11.4. The van der Waals surface area contributed by atoms with Crippen LogP contribution in [0.15, 0.2) is 30.3 Å². The Morgan fingerprint density at radius 2 is 1.58 bits per heavy atom. The lowest BCUT2D eigenvalue weighted by Gasteiger charge is -2.15. The third-order valence-electron chi connectivity index (χ3n) is 3.11. The third-order valence-corrected chi connectivity index (χ3v) is 3.35. The van der Waals surface area contributed by atoms with Crippen molar-refractivity contribution in [3.8, 4) is 17.2 Å². The van der Waals surface area contributed by atoms with Crippen molar-refractivity contribution in [2.24, 2.45) is 0 Å². The summed E-state index contributed by atoms with van der Waals surface area (Å²) in [6.45, 7) is 5.98. The molecule has 2 aromatic rings. The third kappa shape index (κ3) is 2.85. The van der Waals surface area contributed by atoms with Crippen LogP contribution in [-0.4, -0.2) is 7.11 Å². The zero-order valence-electron chi connectivity index (χ0n) is 11.6. The van der Waals surface area contributed by atoms with Crippen LogP contribution >= 0.6 is 11.6 Å². The van der Waals surface area contributed by atoms with E-state index in [4.69, 9.17) is 21.1 Å². The Hall–Kier alpha value is -1.67. The fourth-order valence-electron chi connectivity index (χ4n) is 2.08. The summed E-state index contributed by atoms with van der Waals surface area (Å²) in [5.41, 5.74) is 3.10. The summed E-state index contributed by atoms with van der Waals surface area (Å²) in [4.78, 5) is 0. The van der Waals surface area contributed by atoms with E-state index in [0.717, 1.165) is 33.9 Å². The van der Waals surface area contributed by atoms with Crippen LogP contribution in [0.2, 0.25) is 5.02 Å². The predicted octanol–water partition coefficient (Wildman–Crippen LogP) is 5.07. The summed E-state index contributed by atoms with van der Waals surface area (Å²) in [7, 11) is 1.67. The van der Waals surface area contributed by atoms with E-state index in [-0.39, 0.29) is 0 Å². The zero-order chi connectivity index (χ0) is 14.0. The van der Waals surface area contributed by atoms with Gasteiger partial charge < -0.3 is 9.47 Å². The topological polar surface area (TPSA) is 18.5 Å². The Morgan fingerprint density at radius 3 is 2.21 bits per heavy atom. The van der Waals surface area contributed by atoms with Crippen LogP contribution in [0.1, 0.15) is 16.7 Å². The maximum absolute atomic E-state index is 5.95. The molecule has 0 atom stereocenters. The maximum atomic E-state index is 5.95. The Bertz CT molecular complexity index is 606. The minimum atomic E-state index is 0.711. The molecule has 2 aromatic carbocycles. The van der Waals surface area contributed by atoms with Gasteiger partial charge in [0.1, 0.15) is 17.2 Å². The fourth-order valence-corrected chi connectivity index (χ4v) is 2.31. The first kappa shape index (κ1) is 13.8. The molecule has 0 unspecified atom stereocenters. The number of benzene rings is 2. The average molecular weight is 277 g/mol. The normalized spacial score (nSPS) is 10.4. The van der Waals surface area contributed by atoms with Gasteiger partial charge in [-0.05, 0) is 56.2 Å². The highest BCUT2D eigenvalue weighted by Gasteiger charge is 2.10. The molecule has 0 amide bonds. The molecule has 2 rings (SSSR count). The number of rotatable bonds is 3. The van der Waals surface area contributed by atoms with E-state index in [0.29, 0.717) is 5.02 Å². The Morgan fingerprint density at radius 1 is 0.895 bits per heavy atom. The standard InChI is InChI=1S/C16H17ClO2/c1-10-5-7-15(12(3)16(10)18-4)19-14-8-6-13(17)9-11(14)2/h5-9H,1-4H3. The molecule has 0 N–H and O–H groups in total. The van der Waals surface area contributed by atoms with Crippen molar-refractivity contribution in [1.29, 1.82) is 0 Å². The molecule has 0 spiro atoms. The van der Waals surface area contributed by atoms with Crippen molar-refractivity contribution in [3.63, 3.8) is 0 Å². The zero-order valence-corrected chi connectivity index (χ0v) is 12.3. The predicted molar refractivity (Wildman–Crippen MR) is 78.7 cm³/mol. The molecule has 2 nitrogen and oxygen atoms in total. The summed E-state index contributed by atoms with van der Waals surface area (Å²) >= 11 is 5.94. The van der Waals surface area contributed by atoms with E-state index in [1.807, 2.05) is 51.1 Å². The van der Waals surface area contributed by atoms with E-state index in [1.165, 1.54) is 0 Å². The molecule has 0 aliphatic carbocycles. The number of hydrogen-bond donors (Lipinski definition) is 0. The lowest BCUT2D eigenvalue weighted by Crippen LogP contribution is -1.95. The van der Waals surface area contributed by atoms with Crippen LogP contribution in [0.4, 0.5) is 0 Å². The summed E-state index contributed by atoms with van der Waals surface area (Å²) in [6, 6.07) is 9.54. The highest BCUT2D eigenvalue weighted by atomic mass is 35.5. The van der Waals surface area contributed by atoms with Gasteiger partial charge in [-0.25, -0.2) is 0 Å². The Balaban J connectivity index is 2.38. The molecule has 3 heteroatoms. The second-order valence-corrected chi connectivity index (χ2v) is 4.99. The SMILES string of the molecule is COc1c(C)ccc(Oc2ccc(Cl)cc2C)c1C. The second-order valence-electron chi connectivity index (χ2n) is 4.55. The number of hydrogen-bond acceptors (Lipinski definition) is 2. The van der Waals surface area contributed by atoms with Gasteiger partial charge in [-0.1, -0.05) is 17.7 Å². The number of halogens is 1. The fraction of sp³-hybridized carbons (Fsp3) is 0.250. The van der Waals surface area contributed by atoms with E-state index in [1.54, 1.807) is 7.11 Å². The van der Waals surface area contributed by atoms with Crippen molar-refractivity contribution >= 4 is 11.6 Å². The summed E-state index contributed by atoms with van der Waals surface area (Å²) in [5.74, 6) is 2.47. The number of ether oxygens (including phenoxy) is 2. The lowest BCUT2D eigenvalue weighted by atomic mass is 10.1. The summed E-state index contributed by atoms with van der Waals surface area (Å²) in [6.07, 6.45) is 0. The molecular weight excluding hydrogens is 260 g/mol. The molecule has 0 fully saturated rings. The largest absolute Gasteiger partial charge is 0.496 e.